The first-order chi connectivity index (χ1) is 6.67. The van der Waals surface area contributed by atoms with Crippen LogP contribution < -0.4 is 0 Å². The molecule has 0 bridgehead atoms. The van der Waals surface area contributed by atoms with Crippen LogP contribution in [0.3, 0.4) is 0 Å². The minimum Gasteiger partial charge on any atom is -0.126 e. The third kappa shape index (κ3) is 3.34. The van der Waals surface area contributed by atoms with Crippen LogP contribution in [0.15, 0.2) is 18.2 Å². The van der Waals surface area contributed by atoms with Gasteiger partial charge in [0.2, 0.25) is 0 Å². The van der Waals surface area contributed by atoms with Gasteiger partial charge in [-0.3, -0.25) is 0 Å². The van der Waals surface area contributed by atoms with Crippen molar-refractivity contribution in [1.82, 2.24) is 0 Å². The molecule has 0 N–H and O–H groups in total. The Labute approximate surface area is 100 Å². The molecular formula is C11H13Cl3. The highest BCUT2D eigenvalue weighted by Crippen LogP contribution is 2.21. The average molecular weight is 252 g/mol. The summed E-state index contributed by atoms with van der Waals surface area (Å²) in [6.07, 6.45) is 0.853. The van der Waals surface area contributed by atoms with Crippen molar-refractivity contribution < 1.29 is 0 Å². The average Bonchev–Trinajstić information content (AvgIpc) is 2.17. The summed E-state index contributed by atoms with van der Waals surface area (Å²) in [5.74, 6) is 1.46. The quantitative estimate of drug-likeness (QED) is 0.701. The number of benzene rings is 1. The van der Waals surface area contributed by atoms with Crippen LogP contribution in [0, 0.1) is 12.8 Å². The highest BCUT2D eigenvalue weighted by atomic mass is 35.5. The van der Waals surface area contributed by atoms with Gasteiger partial charge in [0.05, 0.1) is 0 Å². The van der Waals surface area contributed by atoms with E-state index in [1.54, 1.807) is 0 Å². The Hall–Kier alpha value is 0.0900. The Morgan fingerprint density at radius 2 is 1.86 bits per heavy atom. The lowest BCUT2D eigenvalue weighted by Gasteiger charge is -2.11. The molecule has 14 heavy (non-hydrogen) atoms. The van der Waals surface area contributed by atoms with Gasteiger partial charge in [0.1, 0.15) is 0 Å². The van der Waals surface area contributed by atoms with Crippen LogP contribution in [0.1, 0.15) is 11.1 Å². The highest BCUT2D eigenvalue weighted by molar-refractivity contribution is 6.31. The smallest absolute Gasteiger partial charge is 0.0440 e. The lowest BCUT2D eigenvalue weighted by molar-refractivity contribution is 0.662. The minimum atomic E-state index is 0.304. The van der Waals surface area contributed by atoms with Crippen molar-refractivity contribution >= 4 is 34.8 Å². The molecule has 0 nitrogen and oxygen atoms in total. The lowest BCUT2D eigenvalue weighted by Crippen LogP contribution is -2.08. The van der Waals surface area contributed by atoms with Gasteiger partial charge in [-0.05, 0) is 36.5 Å². The zero-order valence-corrected chi connectivity index (χ0v) is 10.3. The fourth-order valence-corrected chi connectivity index (χ4v) is 2.14. The Morgan fingerprint density at radius 3 is 2.36 bits per heavy atom. The summed E-state index contributed by atoms with van der Waals surface area (Å²) in [6.45, 7) is 2.02. The van der Waals surface area contributed by atoms with Gasteiger partial charge in [0.25, 0.3) is 0 Å². The van der Waals surface area contributed by atoms with Gasteiger partial charge in [-0.2, -0.15) is 0 Å². The van der Waals surface area contributed by atoms with Crippen LogP contribution >= 0.6 is 34.8 Å². The normalized spacial score (nSPS) is 10.9. The molecule has 0 unspecified atom stereocenters. The van der Waals surface area contributed by atoms with E-state index in [1.165, 1.54) is 5.56 Å². The number of alkyl halides is 2. The van der Waals surface area contributed by atoms with E-state index >= 15 is 0 Å². The summed E-state index contributed by atoms with van der Waals surface area (Å²) >= 11 is 17.6. The van der Waals surface area contributed by atoms with Gasteiger partial charge in [-0.15, -0.1) is 23.2 Å². The molecule has 0 saturated carbocycles. The number of hydrogen-bond acceptors (Lipinski definition) is 0. The van der Waals surface area contributed by atoms with Gasteiger partial charge in [-0.1, -0.05) is 23.7 Å². The predicted molar refractivity (Wildman–Crippen MR) is 64.8 cm³/mol. The van der Waals surface area contributed by atoms with Crippen LogP contribution in [0.5, 0.6) is 0 Å². The third-order valence-electron chi connectivity index (χ3n) is 2.15. The molecule has 0 fully saturated rings. The van der Waals surface area contributed by atoms with Gasteiger partial charge in [-0.25, -0.2) is 0 Å². The molecule has 0 aliphatic heterocycles. The molecule has 0 radical (unpaired) electrons. The predicted octanol–water partition coefficient (Wildman–Crippen LogP) is 4.28. The number of aryl methyl sites for hydroxylation is 1. The van der Waals surface area contributed by atoms with Crippen LogP contribution in [0.4, 0.5) is 0 Å². The van der Waals surface area contributed by atoms with E-state index in [0.717, 1.165) is 17.0 Å². The second-order valence-electron chi connectivity index (χ2n) is 3.47. The summed E-state index contributed by atoms with van der Waals surface area (Å²) in [4.78, 5) is 0. The molecule has 1 rings (SSSR count). The second kappa shape index (κ2) is 5.85. The lowest BCUT2D eigenvalue weighted by atomic mass is 10.0. The van der Waals surface area contributed by atoms with Crippen molar-refractivity contribution in [3.8, 4) is 0 Å². The summed E-state index contributed by atoms with van der Waals surface area (Å²) in [5, 5.41) is 0.810. The van der Waals surface area contributed by atoms with Gasteiger partial charge in [0, 0.05) is 16.8 Å². The first-order valence-electron chi connectivity index (χ1n) is 4.54. The van der Waals surface area contributed by atoms with E-state index in [9.17, 15) is 0 Å². The topological polar surface area (TPSA) is 0 Å². The highest BCUT2D eigenvalue weighted by Gasteiger charge is 2.09. The maximum Gasteiger partial charge on any atom is 0.0440 e. The molecule has 0 aliphatic carbocycles. The van der Waals surface area contributed by atoms with E-state index < -0.39 is 0 Å². The fourth-order valence-electron chi connectivity index (χ4n) is 1.28. The number of rotatable bonds is 4. The molecule has 0 heterocycles. The van der Waals surface area contributed by atoms with Crippen LogP contribution in [-0.4, -0.2) is 11.8 Å². The molecule has 3 heteroatoms. The summed E-state index contributed by atoms with van der Waals surface area (Å²) in [5.41, 5.74) is 2.30. The standard InChI is InChI=1S/C11H13Cl3/c1-8-2-3-10(11(14)4-8)5-9(6-12)7-13/h2-4,9H,5-7H2,1H3. The first-order valence-corrected chi connectivity index (χ1v) is 5.99. The molecular weight excluding hydrogens is 238 g/mol. The maximum absolute atomic E-state index is 6.10. The monoisotopic (exact) mass is 250 g/mol. The van der Waals surface area contributed by atoms with Crippen LogP contribution in [-0.2, 0) is 6.42 Å². The summed E-state index contributed by atoms with van der Waals surface area (Å²) in [6, 6.07) is 6.07. The van der Waals surface area contributed by atoms with E-state index in [0.29, 0.717) is 17.7 Å². The largest absolute Gasteiger partial charge is 0.126 e. The number of halogens is 3. The SMILES string of the molecule is Cc1ccc(CC(CCl)CCl)c(Cl)c1. The molecule has 0 saturated heterocycles. The summed E-state index contributed by atoms with van der Waals surface area (Å²) in [7, 11) is 0. The third-order valence-corrected chi connectivity index (χ3v) is 3.38. The molecule has 0 atom stereocenters. The Balaban J connectivity index is 2.76. The molecule has 0 aliphatic rings. The minimum absolute atomic E-state index is 0.304. The van der Waals surface area contributed by atoms with E-state index in [1.807, 2.05) is 19.1 Å². The van der Waals surface area contributed by atoms with Crippen LogP contribution in [0.2, 0.25) is 5.02 Å². The van der Waals surface area contributed by atoms with E-state index in [-0.39, 0.29) is 0 Å². The molecule has 0 amide bonds. The van der Waals surface area contributed by atoms with Crippen molar-refractivity contribution in [3.63, 3.8) is 0 Å². The van der Waals surface area contributed by atoms with Crippen molar-refractivity contribution in [2.45, 2.75) is 13.3 Å². The molecule has 1 aromatic rings. The van der Waals surface area contributed by atoms with Gasteiger partial charge >= 0.3 is 0 Å². The van der Waals surface area contributed by atoms with Gasteiger partial charge in [0.15, 0.2) is 0 Å². The summed E-state index contributed by atoms with van der Waals surface area (Å²) < 4.78 is 0. The molecule has 0 spiro atoms. The van der Waals surface area contributed by atoms with Crippen molar-refractivity contribution in [1.29, 1.82) is 0 Å². The van der Waals surface area contributed by atoms with Crippen LogP contribution in [0.25, 0.3) is 0 Å². The van der Waals surface area contributed by atoms with E-state index in [4.69, 9.17) is 34.8 Å². The zero-order chi connectivity index (χ0) is 10.6. The maximum atomic E-state index is 6.10. The molecule has 0 aromatic heterocycles. The Morgan fingerprint density at radius 1 is 1.21 bits per heavy atom. The molecule has 1 aromatic carbocycles. The van der Waals surface area contributed by atoms with Crippen molar-refractivity contribution in [3.05, 3.63) is 34.3 Å². The van der Waals surface area contributed by atoms with Crippen molar-refractivity contribution in [2.24, 2.45) is 5.92 Å². The van der Waals surface area contributed by atoms with Gasteiger partial charge < -0.3 is 0 Å². The van der Waals surface area contributed by atoms with E-state index in [2.05, 4.69) is 6.07 Å². The molecule has 78 valence electrons. The Kier molecular flexibility index (Phi) is 5.08. The first kappa shape index (κ1) is 12.2. The Bertz CT molecular complexity index is 293. The fraction of sp³-hybridized carbons (Fsp3) is 0.455. The van der Waals surface area contributed by atoms with Crippen molar-refractivity contribution in [2.75, 3.05) is 11.8 Å². The zero-order valence-electron chi connectivity index (χ0n) is 8.06. The number of hydrogen-bond donors (Lipinski definition) is 0. The second-order valence-corrected chi connectivity index (χ2v) is 4.50.